The maximum atomic E-state index is 11.6. The Balaban J connectivity index is 2.37. The molecule has 0 aromatic carbocycles. The van der Waals surface area contributed by atoms with E-state index in [4.69, 9.17) is 4.74 Å². The average Bonchev–Trinajstić information content (AvgIpc) is 2.69. The van der Waals surface area contributed by atoms with Gasteiger partial charge in [-0.25, -0.2) is 9.78 Å². The quantitative estimate of drug-likeness (QED) is 0.671. The van der Waals surface area contributed by atoms with Gasteiger partial charge in [-0.15, -0.1) is 0 Å². The van der Waals surface area contributed by atoms with Crippen molar-refractivity contribution in [2.45, 2.75) is 6.42 Å². The molecule has 1 aromatic rings. The Morgan fingerprint density at radius 3 is 3.00 bits per heavy atom. The van der Waals surface area contributed by atoms with Gasteiger partial charge in [0.15, 0.2) is 0 Å². The highest BCUT2D eigenvalue weighted by Crippen LogP contribution is 1.95. The van der Waals surface area contributed by atoms with E-state index in [2.05, 4.69) is 4.98 Å². The molecule has 0 N–H and O–H groups in total. The first kappa shape index (κ1) is 10.7. The highest BCUT2D eigenvalue weighted by molar-refractivity contribution is 5.76. The summed E-state index contributed by atoms with van der Waals surface area (Å²) in [6.07, 6.45) is 5.55. The van der Waals surface area contributed by atoms with E-state index in [9.17, 15) is 4.79 Å². The van der Waals surface area contributed by atoms with Gasteiger partial charge >= 0.3 is 6.03 Å². The zero-order valence-electron chi connectivity index (χ0n) is 8.51. The van der Waals surface area contributed by atoms with E-state index >= 15 is 0 Å². The summed E-state index contributed by atoms with van der Waals surface area (Å²) in [5.74, 6) is 0. The van der Waals surface area contributed by atoms with Crippen LogP contribution in [0.25, 0.3) is 0 Å². The van der Waals surface area contributed by atoms with E-state index in [0.717, 1.165) is 6.42 Å². The van der Waals surface area contributed by atoms with Crippen LogP contribution < -0.4 is 0 Å². The Morgan fingerprint density at radius 1 is 1.64 bits per heavy atom. The van der Waals surface area contributed by atoms with E-state index in [-0.39, 0.29) is 6.03 Å². The molecular weight excluding hydrogens is 182 g/mol. The Morgan fingerprint density at radius 2 is 2.43 bits per heavy atom. The van der Waals surface area contributed by atoms with Crippen molar-refractivity contribution in [1.82, 2.24) is 14.5 Å². The minimum atomic E-state index is -0.0707. The van der Waals surface area contributed by atoms with Crippen molar-refractivity contribution in [2.75, 3.05) is 27.3 Å². The predicted octanol–water partition coefficient (Wildman–Crippen LogP) is 0.819. The summed E-state index contributed by atoms with van der Waals surface area (Å²) in [7, 11) is 3.41. The zero-order valence-corrected chi connectivity index (χ0v) is 8.51. The van der Waals surface area contributed by atoms with Crippen molar-refractivity contribution in [3.05, 3.63) is 18.7 Å². The maximum absolute atomic E-state index is 11.6. The number of hydrogen-bond acceptors (Lipinski definition) is 3. The smallest absolute Gasteiger partial charge is 0.329 e. The van der Waals surface area contributed by atoms with Gasteiger partial charge in [-0.3, -0.25) is 4.57 Å². The van der Waals surface area contributed by atoms with Crippen molar-refractivity contribution in [2.24, 2.45) is 0 Å². The van der Waals surface area contributed by atoms with Crippen molar-refractivity contribution >= 4 is 6.03 Å². The first-order chi connectivity index (χ1) is 6.75. The highest BCUT2D eigenvalue weighted by Gasteiger charge is 2.08. The Labute approximate surface area is 83.3 Å². The van der Waals surface area contributed by atoms with Gasteiger partial charge < -0.3 is 9.64 Å². The number of carbonyl (C=O) groups excluding carboxylic acids is 1. The molecule has 0 spiro atoms. The average molecular weight is 197 g/mol. The maximum Gasteiger partial charge on any atom is 0.329 e. The molecule has 1 aromatic heterocycles. The summed E-state index contributed by atoms with van der Waals surface area (Å²) in [4.78, 5) is 17.1. The first-order valence-electron chi connectivity index (χ1n) is 4.48. The fourth-order valence-corrected chi connectivity index (χ4v) is 1.11. The molecule has 0 bridgehead atoms. The number of amides is 1. The van der Waals surface area contributed by atoms with Crippen molar-refractivity contribution in [3.8, 4) is 0 Å². The molecule has 0 atom stereocenters. The van der Waals surface area contributed by atoms with Gasteiger partial charge in [-0.05, 0) is 6.42 Å². The van der Waals surface area contributed by atoms with Crippen LogP contribution in [-0.2, 0) is 4.74 Å². The minimum absolute atomic E-state index is 0.0707. The summed E-state index contributed by atoms with van der Waals surface area (Å²) in [5, 5.41) is 0. The summed E-state index contributed by atoms with van der Waals surface area (Å²) in [5.41, 5.74) is 0. The van der Waals surface area contributed by atoms with E-state index in [1.165, 1.54) is 10.9 Å². The lowest BCUT2D eigenvalue weighted by molar-refractivity contribution is 0.176. The van der Waals surface area contributed by atoms with Crippen LogP contribution >= 0.6 is 0 Å². The molecule has 1 rings (SSSR count). The zero-order chi connectivity index (χ0) is 10.4. The van der Waals surface area contributed by atoms with E-state index in [1.54, 1.807) is 31.5 Å². The second-order valence-corrected chi connectivity index (χ2v) is 3.02. The molecule has 0 unspecified atom stereocenters. The molecule has 0 fully saturated rings. The van der Waals surface area contributed by atoms with Gasteiger partial charge in [-0.2, -0.15) is 0 Å². The number of hydrogen-bond donors (Lipinski definition) is 0. The van der Waals surface area contributed by atoms with Crippen LogP contribution in [0.15, 0.2) is 18.7 Å². The second-order valence-electron chi connectivity index (χ2n) is 3.02. The Kier molecular flexibility index (Phi) is 4.12. The van der Waals surface area contributed by atoms with Crippen molar-refractivity contribution < 1.29 is 9.53 Å². The molecule has 0 radical (unpaired) electrons. The lowest BCUT2D eigenvalue weighted by Gasteiger charge is -2.16. The van der Waals surface area contributed by atoms with Crippen LogP contribution in [-0.4, -0.2) is 47.8 Å². The molecule has 1 heterocycles. The molecule has 1 amide bonds. The molecule has 0 aliphatic carbocycles. The molecule has 5 heteroatoms. The normalized spacial score (nSPS) is 10.1. The molecule has 78 valence electrons. The van der Waals surface area contributed by atoms with Crippen LogP contribution in [0.1, 0.15) is 6.42 Å². The predicted molar refractivity (Wildman–Crippen MR) is 52.1 cm³/mol. The Hall–Kier alpha value is -1.36. The summed E-state index contributed by atoms with van der Waals surface area (Å²) >= 11 is 0. The van der Waals surface area contributed by atoms with Gasteiger partial charge in [0.25, 0.3) is 0 Å². The third-order valence-corrected chi connectivity index (χ3v) is 1.89. The molecule has 0 aliphatic heterocycles. The third kappa shape index (κ3) is 2.85. The van der Waals surface area contributed by atoms with E-state index < -0.39 is 0 Å². The van der Waals surface area contributed by atoms with Crippen LogP contribution in [0.2, 0.25) is 0 Å². The topological polar surface area (TPSA) is 47.4 Å². The molecular formula is C9H15N3O2. The van der Waals surface area contributed by atoms with Crippen molar-refractivity contribution in [3.63, 3.8) is 0 Å². The third-order valence-electron chi connectivity index (χ3n) is 1.89. The number of aromatic nitrogens is 2. The van der Waals surface area contributed by atoms with E-state index in [0.29, 0.717) is 13.2 Å². The van der Waals surface area contributed by atoms with Gasteiger partial charge in [0.05, 0.1) is 0 Å². The van der Waals surface area contributed by atoms with Gasteiger partial charge in [0, 0.05) is 39.7 Å². The number of carbonyl (C=O) groups is 1. The SMILES string of the molecule is COCCCN(C)C(=O)n1ccnc1. The number of nitrogens with zero attached hydrogens (tertiary/aromatic N) is 3. The van der Waals surface area contributed by atoms with Gasteiger partial charge in [0.2, 0.25) is 0 Å². The molecule has 5 nitrogen and oxygen atoms in total. The van der Waals surface area contributed by atoms with E-state index in [1.807, 2.05) is 0 Å². The van der Waals surface area contributed by atoms with Crippen LogP contribution in [0.4, 0.5) is 4.79 Å². The highest BCUT2D eigenvalue weighted by atomic mass is 16.5. The monoisotopic (exact) mass is 197 g/mol. The fourth-order valence-electron chi connectivity index (χ4n) is 1.11. The number of rotatable bonds is 4. The Bertz CT molecular complexity index is 272. The summed E-state index contributed by atoms with van der Waals surface area (Å²) < 4.78 is 6.36. The van der Waals surface area contributed by atoms with Gasteiger partial charge in [0.1, 0.15) is 6.33 Å². The lowest BCUT2D eigenvalue weighted by atomic mass is 10.4. The van der Waals surface area contributed by atoms with Crippen LogP contribution in [0.5, 0.6) is 0 Å². The first-order valence-corrected chi connectivity index (χ1v) is 4.48. The number of imidazole rings is 1. The summed E-state index contributed by atoms with van der Waals surface area (Å²) in [6.45, 7) is 1.35. The van der Waals surface area contributed by atoms with Crippen LogP contribution in [0, 0.1) is 0 Å². The van der Waals surface area contributed by atoms with Crippen molar-refractivity contribution in [1.29, 1.82) is 0 Å². The van der Waals surface area contributed by atoms with Crippen LogP contribution in [0.3, 0.4) is 0 Å². The van der Waals surface area contributed by atoms with Gasteiger partial charge in [-0.1, -0.05) is 0 Å². The minimum Gasteiger partial charge on any atom is -0.385 e. The largest absolute Gasteiger partial charge is 0.385 e. The molecule has 14 heavy (non-hydrogen) atoms. The number of methoxy groups -OCH3 is 1. The standard InChI is InChI=1S/C9H15N3O2/c1-11(5-3-7-14-2)9(13)12-6-4-10-8-12/h4,6,8H,3,5,7H2,1-2H3. The molecule has 0 saturated carbocycles. The second kappa shape index (κ2) is 5.39. The number of ether oxygens (including phenoxy) is 1. The molecule has 0 aliphatic rings. The lowest BCUT2D eigenvalue weighted by Crippen LogP contribution is -2.31. The summed E-state index contributed by atoms with van der Waals surface area (Å²) in [6, 6.07) is -0.0707. The fraction of sp³-hybridized carbons (Fsp3) is 0.556. The molecule has 0 saturated heterocycles.